The van der Waals surface area contributed by atoms with Gasteiger partial charge in [0.2, 0.25) is 10.0 Å². The number of carboxylic acid groups (broad SMARTS) is 1. The minimum absolute atomic E-state index is 0.128. The molecule has 0 spiro atoms. The Morgan fingerprint density at radius 1 is 1.35 bits per heavy atom. The maximum Gasteiger partial charge on any atom is 0.419 e. The zero-order valence-electron chi connectivity index (χ0n) is 9.98. The first-order chi connectivity index (χ1) is 8.96. The number of carbonyl (C=O) groups is 1. The molecular weight excluding hydrogens is 306 g/mol. The summed E-state index contributed by atoms with van der Waals surface area (Å²) in [5.74, 6) is -3.09. The van der Waals surface area contributed by atoms with Crippen LogP contribution in [-0.2, 0) is 21.0 Å². The van der Waals surface area contributed by atoms with Gasteiger partial charge in [-0.05, 0) is 18.2 Å². The zero-order valence-corrected chi connectivity index (χ0v) is 10.8. The van der Waals surface area contributed by atoms with Crippen LogP contribution in [0.2, 0.25) is 0 Å². The zero-order chi connectivity index (χ0) is 15.7. The van der Waals surface area contributed by atoms with Crippen LogP contribution in [0.5, 0.6) is 0 Å². The van der Waals surface area contributed by atoms with E-state index in [1.54, 1.807) is 0 Å². The molecule has 1 rings (SSSR count). The molecule has 0 heterocycles. The fourth-order valence-corrected chi connectivity index (χ4v) is 2.48. The van der Waals surface area contributed by atoms with E-state index in [0.29, 0.717) is 16.4 Å². The Balaban J connectivity index is 3.31. The van der Waals surface area contributed by atoms with Gasteiger partial charge in [-0.2, -0.15) is 17.5 Å². The molecule has 0 fully saturated rings. The van der Waals surface area contributed by atoms with E-state index in [0.717, 1.165) is 7.05 Å². The topological polar surface area (TPSA) is 74.7 Å². The van der Waals surface area contributed by atoms with E-state index in [9.17, 15) is 30.8 Å². The van der Waals surface area contributed by atoms with Crippen LogP contribution in [0.15, 0.2) is 23.1 Å². The minimum Gasteiger partial charge on any atom is -0.480 e. The highest BCUT2D eigenvalue weighted by atomic mass is 32.2. The van der Waals surface area contributed by atoms with Crippen molar-refractivity contribution in [1.29, 1.82) is 0 Å². The number of rotatable bonds is 4. The van der Waals surface area contributed by atoms with Gasteiger partial charge in [-0.25, -0.2) is 12.8 Å². The van der Waals surface area contributed by atoms with E-state index < -0.39 is 45.0 Å². The van der Waals surface area contributed by atoms with Crippen molar-refractivity contribution in [2.24, 2.45) is 0 Å². The average Bonchev–Trinajstić information content (AvgIpc) is 2.26. The molecule has 1 aromatic rings. The number of likely N-dealkylation sites (N-methyl/N-ethyl adjacent to an activating group) is 1. The van der Waals surface area contributed by atoms with Crippen molar-refractivity contribution < 1.29 is 35.9 Å². The first-order valence-electron chi connectivity index (χ1n) is 5.01. The number of sulfonamides is 1. The van der Waals surface area contributed by atoms with Gasteiger partial charge in [0.05, 0.1) is 10.5 Å². The van der Waals surface area contributed by atoms with Crippen LogP contribution in [0.25, 0.3) is 0 Å². The molecule has 0 saturated carbocycles. The summed E-state index contributed by atoms with van der Waals surface area (Å²) >= 11 is 0. The lowest BCUT2D eigenvalue weighted by Crippen LogP contribution is -2.32. The molecule has 0 aliphatic heterocycles. The summed E-state index contributed by atoms with van der Waals surface area (Å²) in [5, 5.41) is 8.48. The molecule has 0 radical (unpaired) electrons. The van der Waals surface area contributed by atoms with E-state index in [-0.39, 0.29) is 6.07 Å². The highest BCUT2D eigenvalue weighted by Crippen LogP contribution is 2.33. The fraction of sp³-hybridized carbons (Fsp3) is 0.300. The molecule has 5 nitrogen and oxygen atoms in total. The van der Waals surface area contributed by atoms with Gasteiger partial charge < -0.3 is 5.11 Å². The van der Waals surface area contributed by atoms with Crippen molar-refractivity contribution in [3.05, 3.63) is 29.6 Å². The molecule has 0 atom stereocenters. The quantitative estimate of drug-likeness (QED) is 0.856. The molecule has 0 aliphatic carbocycles. The molecule has 0 bridgehead atoms. The molecule has 1 aromatic carbocycles. The molecule has 0 unspecified atom stereocenters. The highest BCUT2D eigenvalue weighted by molar-refractivity contribution is 7.89. The van der Waals surface area contributed by atoms with Crippen molar-refractivity contribution in [3.8, 4) is 0 Å². The first kappa shape index (κ1) is 16.4. The summed E-state index contributed by atoms with van der Waals surface area (Å²) in [7, 11) is -3.56. The normalized spacial score (nSPS) is 12.7. The number of carboxylic acids is 1. The van der Waals surface area contributed by atoms with Crippen LogP contribution in [0.1, 0.15) is 5.56 Å². The molecule has 0 amide bonds. The van der Waals surface area contributed by atoms with E-state index in [1.165, 1.54) is 0 Å². The molecule has 0 saturated heterocycles. The van der Waals surface area contributed by atoms with Crippen molar-refractivity contribution in [2.45, 2.75) is 11.1 Å². The Bertz CT molecular complexity index is 627. The van der Waals surface area contributed by atoms with Gasteiger partial charge in [-0.15, -0.1) is 0 Å². The first-order valence-corrected chi connectivity index (χ1v) is 6.45. The van der Waals surface area contributed by atoms with Crippen molar-refractivity contribution in [1.82, 2.24) is 4.31 Å². The van der Waals surface area contributed by atoms with E-state index >= 15 is 0 Å². The standard InChI is InChI=1S/C10H9F4NO4S/c1-15(5-9(16)17)20(18,19)6-2-3-8(11)7(4-6)10(12,13)14/h2-4H,5H2,1H3,(H,16,17). The van der Waals surface area contributed by atoms with Crippen molar-refractivity contribution in [3.63, 3.8) is 0 Å². The second kappa shape index (κ2) is 5.37. The Kier molecular flexibility index (Phi) is 4.39. The smallest absolute Gasteiger partial charge is 0.419 e. The maximum absolute atomic E-state index is 13.0. The molecule has 1 N–H and O–H groups in total. The van der Waals surface area contributed by atoms with Gasteiger partial charge in [-0.3, -0.25) is 4.79 Å². The van der Waals surface area contributed by atoms with Gasteiger partial charge in [-0.1, -0.05) is 0 Å². The number of nitrogens with zero attached hydrogens (tertiary/aromatic N) is 1. The van der Waals surface area contributed by atoms with Crippen LogP contribution in [-0.4, -0.2) is 37.4 Å². The van der Waals surface area contributed by atoms with E-state index in [2.05, 4.69) is 0 Å². The Morgan fingerprint density at radius 2 is 1.90 bits per heavy atom. The largest absolute Gasteiger partial charge is 0.480 e. The monoisotopic (exact) mass is 315 g/mol. The Hall–Kier alpha value is -1.68. The Labute approximate surface area is 111 Å². The molecule has 0 aromatic heterocycles. The van der Waals surface area contributed by atoms with Crippen LogP contribution >= 0.6 is 0 Å². The molecule has 20 heavy (non-hydrogen) atoms. The van der Waals surface area contributed by atoms with Gasteiger partial charge in [0, 0.05) is 7.05 Å². The van der Waals surface area contributed by atoms with E-state index in [1.807, 2.05) is 0 Å². The third kappa shape index (κ3) is 3.45. The van der Waals surface area contributed by atoms with Gasteiger partial charge in [0.15, 0.2) is 0 Å². The lowest BCUT2D eigenvalue weighted by Gasteiger charge is -2.16. The summed E-state index contributed by atoms with van der Waals surface area (Å²) in [5.41, 5.74) is -1.73. The summed E-state index contributed by atoms with van der Waals surface area (Å²) in [4.78, 5) is 9.58. The predicted octanol–water partition coefficient (Wildman–Crippen LogP) is 1.55. The second-order valence-electron chi connectivity index (χ2n) is 3.79. The number of benzene rings is 1. The van der Waals surface area contributed by atoms with Gasteiger partial charge in [0.25, 0.3) is 0 Å². The molecule has 0 aliphatic rings. The molecular formula is C10H9F4NO4S. The summed E-state index contributed by atoms with van der Waals surface area (Å²) < 4.78 is 74.5. The van der Waals surface area contributed by atoms with Crippen LogP contribution in [0.3, 0.4) is 0 Å². The van der Waals surface area contributed by atoms with Crippen molar-refractivity contribution >= 4 is 16.0 Å². The lowest BCUT2D eigenvalue weighted by molar-refractivity contribution is -0.140. The third-order valence-corrected chi connectivity index (χ3v) is 4.11. The fourth-order valence-electron chi connectivity index (χ4n) is 1.34. The van der Waals surface area contributed by atoms with Crippen LogP contribution in [0.4, 0.5) is 17.6 Å². The highest BCUT2D eigenvalue weighted by Gasteiger charge is 2.36. The minimum atomic E-state index is -5.05. The second-order valence-corrected chi connectivity index (χ2v) is 5.84. The number of hydrogen-bond acceptors (Lipinski definition) is 3. The number of hydrogen-bond donors (Lipinski definition) is 1. The number of aliphatic carboxylic acids is 1. The van der Waals surface area contributed by atoms with Crippen molar-refractivity contribution in [2.75, 3.05) is 13.6 Å². The number of halogens is 4. The number of alkyl halides is 3. The Morgan fingerprint density at radius 3 is 2.35 bits per heavy atom. The third-order valence-electron chi connectivity index (χ3n) is 2.31. The lowest BCUT2D eigenvalue weighted by atomic mass is 10.2. The average molecular weight is 315 g/mol. The van der Waals surface area contributed by atoms with Crippen LogP contribution in [0, 0.1) is 5.82 Å². The summed E-state index contributed by atoms with van der Waals surface area (Å²) in [6, 6.07) is 1.13. The van der Waals surface area contributed by atoms with Crippen LogP contribution < -0.4 is 0 Å². The van der Waals surface area contributed by atoms with Gasteiger partial charge in [0.1, 0.15) is 12.4 Å². The predicted molar refractivity (Wildman–Crippen MR) is 58.9 cm³/mol. The maximum atomic E-state index is 13.0. The van der Waals surface area contributed by atoms with Gasteiger partial charge >= 0.3 is 12.1 Å². The summed E-state index contributed by atoms with van der Waals surface area (Å²) in [6.45, 7) is -0.930. The van der Waals surface area contributed by atoms with E-state index in [4.69, 9.17) is 5.11 Å². The molecule has 112 valence electrons. The molecule has 10 heteroatoms. The summed E-state index contributed by atoms with van der Waals surface area (Å²) in [6.07, 6.45) is -5.05. The SMILES string of the molecule is CN(CC(=O)O)S(=O)(=O)c1ccc(F)c(C(F)(F)F)c1.